The number of rotatable bonds is 3. The molecule has 2 saturated heterocycles. The molecule has 3 rings (SSSR count). The predicted octanol–water partition coefficient (Wildman–Crippen LogP) is 1.04. The summed E-state index contributed by atoms with van der Waals surface area (Å²) in [7, 11) is -3.37. The molecule has 0 radical (unpaired) electrons. The molecule has 0 bridgehead atoms. The van der Waals surface area contributed by atoms with Gasteiger partial charge in [-0.25, -0.2) is 8.42 Å². The molecule has 21 heavy (non-hydrogen) atoms. The summed E-state index contributed by atoms with van der Waals surface area (Å²) in [6, 6.07) is 5.77. The van der Waals surface area contributed by atoms with E-state index in [1.807, 2.05) is 19.1 Å². The summed E-state index contributed by atoms with van der Waals surface area (Å²) in [5, 5.41) is 3.32. The predicted molar refractivity (Wildman–Crippen MR) is 85.9 cm³/mol. The van der Waals surface area contributed by atoms with E-state index in [9.17, 15) is 8.42 Å². The van der Waals surface area contributed by atoms with Crippen molar-refractivity contribution < 1.29 is 8.42 Å². The first-order valence-electron chi connectivity index (χ1n) is 7.19. The van der Waals surface area contributed by atoms with Gasteiger partial charge in [0, 0.05) is 49.8 Å². The van der Waals surface area contributed by atoms with Crippen molar-refractivity contribution in [1.29, 1.82) is 0 Å². The van der Waals surface area contributed by atoms with Crippen LogP contribution in [-0.2, 0) is 10.0 Å². The summed E-state index contributed by atoms with van der Waals surface area (Å²) in [4.78, 5) is 2.80. The molecule has 5 nitrogen and oxygen atoms in total. The molecule has 1 aromatic rings. The van der Waals surface area contributed by atoms with Gasteiger partial charge in [0.25, 0.3) is 0 Å². The van der Waals surface area contributed by atoms with Gasteiger partial charge in [0.2, 0.25) is 10.0 Å². The fourth-order valence-electron chi connectivity index (χ4n) is 2.88. The Balaban J connectivity index is 1.71. The maximum atomic E-state index is 12.7. The average molecular weight is 374 g/mol. The Hall–Kier alpha value is -0.470. The Morgan fingerprint density at radius 2 is 1.90 bits per heavy atom. The summed E-state index contributed by atoms with van der Waals surface area (Å²) in [5.74, 6) is 0. The Bertz CT molecular complexity index is 623. The van der Waals surface area contributed by atoms with Gasteiger partial charge in [-0.3, -0.25) is 4.90 Å². The molecule has 0 aliphatic carbocycles. The highest BCUT2D eigenvalue weighted by Gasteiger charge is 2.40. The molecule has 0 spiro atoms. The highest BCUT2D eigenvalue weighted by molar-refractivity contribution is 9.10. The second-order valence-corrected chi connectivity index (χ2v) is 8.49. The molecular formula is C14H20BrN3O2S. The van der Waals surface area contributed by atoms with Crippen LogP contribution in [0.3, 0.4) is 0 Å². The molecule has 2 aliphatic heterocycles. The first kappa shape index (κ1) is 15.4. The lowest BCUT2D eigenvalue weighted by molar-refractivity contribution is 0.0773. The second kappa shape index (κ2) is 5.96. The number of nitrogens with one attached hydrogen (secondary N) is 1. The maximum absolute atomic E-state index is 12.7. The van der Waals surface area contributed by atoms with Crippen molar-refractivity contribution in [1.82, 2.24) is 14.5 Å². The summed E-state index contributed by atoms with van der Waals surface area (Å²) in [5.41, 5.74) is 0.795. The van der Waals surface area contributed by atoms with Crippen LogP contribution in [0, 0.1) is 6.92 Å². The van der Waals surface area contributed by atoms with Crippen molar-refractivity contribution >= 4 is 26.0 Å². The van der Waals surface area contributed by atoms with E-state index in [1.165, 1.54) is 0 Å². The van der Waals surface area contributed by atoms with Crippen molar-refractivity contribution in [3.8, 4) is 0 Å². The number of aryl methyl sites for hydroxylation is 1. The first-order valence-corrected chi connectivity index (χ1v) is 9.43. The number of hydrogen-bond acceptors (Lipinski definition) is 4. The summed E-state index contributed by atoms with van der Waals surface area (Å²) < 4.78 is 27.8. The van der Waals surface area contributed by atoms with Crippen molar-refractivity contribution in [2.75, 3.05) is 39.3 Å². The summed E-state index contributed by atoms with van der Waals surface area (Å²) in [6.07, 6.45) is 0. The molecular weight excluding hydrogens is 354 g/mol. The normalized spacial score (nSPS) is 22.2. The van der Waals surface area contributed by atoms with Gasteiger partial charge >= 0.3 is 0 Å². The second-order valence-electron chi connectivity index (χ2n) is 5.67. The number of piperazine rings is 1. The van der Waals surface area contributed by atoms with Gasteiger partial charge < -0.3 is 5.32 Å². The number of benzene rings is 1. The lowest BCUT2D eigenvalue weighted by atomic mass is 10.1. The molecule has 0 unspecified atom stereocenters. The molecule has 1 aromatic carbocycles. The van der Waals surface area contributed by atoms with Gasteiger partial charge in [-0.1, -0.05) is 22.0 Å². The van der Waals surface area contributed by atoms with Gasteiger partial charge in [0.1, 0.15) is 0 Å². The zero-order valence-corrected chi connectivity index (χ0v) is 14.5. The molecule has 7 heteroatoms. The molecule has 0 saturated carbocycles. The maximum Gasteiger partial charge on any atom is 0.243 e. The third-order valence-corrected chi connectivity index (χ3v) is 6.73. The van der Waals surface area contributed by atoms with Gasteiger partial charge in [-0.05, 0) is 24.6 Å². The van der Waals surface area contributed by atoms with Crippen LogP contribution in [0.15, 0.2) is 27.6 Å². The first-order chi connectivity index (χ1) is 9.98. The molecule has 0 aromatic heterocycles. The van der Waals surface area contributed by atoms with Crippen LogP contribution in [0.25, 0.3) is 0 Å². The SMILES string of the molecule is Cc1ccc(Br)cc1S(=O)(=O)N1CC(N2CCNCC2)C1. The van der Waals surface area contributed by atoms with Crippen molar-refractivity contribution in [2.45, 2.75) is 17.9 Å². The molecule has 0 amide bonds. The number of sulfonamides is 1. The highest BCUT2D eigenvalue weighted by atomic mass is 79.9. The van der Waals surface area contributed by atoms with Crippen molar-refractivity contribution in [3.63, 3.8) is 0 Å². The summed E-state index contributed by atoms with van der Waals surface area (Å²) in [6.45, 7) is 7.06. The third kappa shape index (κ3) is 3.03. The smallest absolute Gasteiger partial charge is 0.243 e. The largest absolute Gasteiger partial charge is 0.314 e. The van der Waals surface area contributed by atoms with Crippen LogP contribution in [0.5, 0.6) is 0 Å². The lowest BCUT2D eigenvalue weighted by Crippen LogP contribution is -2.63. The van der Waals surface area contributed by atoms with Crippen LogP contribution in [0.4, 0.5) is 0 Å². The highest BCUT2D eigenvalue weighted by Crippen LogP contribution is 2.28. The Morgan fingerprint density at radius 1 is 1.24 bits per heavy atom. The number of halogens is 1. The molecule has 2 aliphatic rings. The quantitative estimate of drug-likeness (QED) is 0.859. The topological polar surface area (TPSA) is 52.7 Å². The molecule has 1 N–H and O–H groups in total. The van der Waals surface area contributed by atoms with Crippen molar-refractivity contribution in [2.24, 2.45) is 0 Å². The minimum Gasteiger partial charge on any atom is -0.314 e. The molecule has 0 atom stereocenters. The lowest BCUT2D eigenvalue weighted by Gasteiger charge is -2.45. The van der Waals surface area contributed by atoms with E-state index in [0.29, 0.717) is 24.0 Å². The van der Waals surface area contributed by atoms with Gasteiger partial charge in [0.05, 0.1) is 4.90 Å². The minimum absolute atomic E-state index is 0.370. The van der Waals surface area contributed by atoms with Crippen LogP contribution < -0.4 is 5.32 Å². The van der Waals surface area contributed by atoms with Crippen molar-refractivity contribution in [3.05, 3.63) is 28.2 Å². The van der Waals surface area contributed by atoms with E-state index in [2.05, 4.69) is 26.1 Å². The Labute approximate surface area is 134 Å². The van der Waals surface area contributed by atoms with E-state index in [4.69, 9.17) is 0 Å². The fourth-order valence-corrected chi connectivity index (χ4v) is 5.16. The van der Waals surface area contributed by atoms with Crippen LogP contribution in [-0.4, -0.2) is 62.9 Å². The van der Waals surface area contributed by atoms with E-state index in [0.717, 1.165) is 36.2 Å². The molecule has 116 valence electrons. The van der Waals surface area contributed by atoms with Crippen LogP contribution >= 0.6 is 15.9 Å². The van der Waals surface area contributed by atoms with E-state index in [1.54, 1.807) is 10.4 Å². The molecule has 2 heterocycles. The van der Waals surface area contributed by atoms with Crippen LogP contribution in [0.1, 0.15) is 5.56 Å². The van der Waals surface area contributed by atoms with Gasteiger partial charge in [-0.15, -0.1) is 0 Å². The van der Waals surface area contributed by atoms with E-state index >= 15 is 0 Å². The standard InChI is InChI=1S/C14H20BrN3O2S/c1-11-2-3-12(15)8-14(11)21(19,20)18-9-13(10-18)17-6-4-16-5-7-17/h2-3,8,13,16H,4-7,9-10H2,1H3. The number of nitrogens with zero attached hydrogens (tertiary/aromatic N) is 2. The Morgan fingerprint density at radius 3 is 2.57 bits per heavy atom. The zero-order valence-electron chi connectivity index (χ0n) is 12.0. The van der Waals surface area contributed by atoms with E-state index in [-0.39, 0.29) is 0 Å². The summed E-state index contributed by atoms with van der Waals surface area (Å²) >= 11 is 3.35. The number of hydrogen-bond donors (Lipinski definition) is 1. The Kier molecular flexibility index (Phi) is 4.38. The zero-order chi connectivity index (χ0) is 15.0. The monoisotopic (exact) mass is 373 g/mol. The molecule has 2 fully saturated rings. The average Bonchev–Trinajstić information content (AvgIpc) is 2.40. The van der Waals surface area contributed by atoms with Crippen LogP contribution in [0.2, 0.25) is 0 Å². The van der Waals surface area contributed by atoms with Gasteiger partial charge in [-0.2, -0.15) is 4.31 Å². The third-order valence-electron chi connectivity index (χ3n) is 4.26. The van der Waals surface area contributed by atoms with E-state index < -0.39 is 10.0 Å². The fraction of sp³-hybridized carbons (Fsp3) is 0.571. The minimum atomic E-state index is -3.37. The van der Waals surface area contributed by atoms with Gasteiger partial charge in [0.15, 0.2) is 0 Å².